The van der Waals surface area contributed by atoms with Gasteiger partial charge in [0.05, 0.1) is 11.7 Å². The highest BCUT2D eigenvalue weighted by atomic mass is 79.9. The van der Waals surface area contributed by atoms with Gasteiger partial charge < -0.3 is 0 Å². The number of nitrogens with zero attached hydrogens (tertiary/aromatic N) is 2. The fourth-order valence-corrected chi connectivity index (χ4v) is 2.89. The summed E-state index contributed by atoms with van der Waals surface area (Å²) in [4.78, 5) is 24.2. The number of carbonyl (C=O) groups excluding carboxylic acids is 2. The van der Waals surface area contributed by atoms with Gasteiger partial charge in [0.1, 0.15) is 0 Å². The summed E-state index contributed by atoms with van der Waals surface area (Å²) in [6.07, 6.45) is 0. The summed E-state index contributed by atoms with van der Waals surface area (Å²) < 4.78 is 9.20. The lowest BCUT2D eigenvalue weighted by atomic mass is 9.90. The number of hydrogen-bond acceptors (Lipinski definition) is 5. The van der Waals surface area contributed by atoms with Gasteiger partial charge in [-0.2, -0.15) is 8.75 Å². The summed E-state index contributed by atoms with van der Waals surface area (Å²) in [7, 11) is 0. The monoisotopic (exact) mass is 372 g/mol. The van der Waals surface area contributed by atoms with Gasteiger partial charge >= 0.3 is 0 Å². The van der Waals surface area contributed by atoms with Crippen molar-refractivity contribution in [3.63, 3.8) is 0 Å². The fraction of sp³-hybridized carbons (Fsp3) is 0. The average molecular weight is 374 g/mol. The Kier molecular flexibility index (Phi) is 2.49. The lowest BCUT2D eigenvalue weighted by Crippen LogP contribution is -2.21. The molecular formula is C10H2Br2N2O2S. The molecule has 1 heterocycles. The van der Waals surface area contributed by atoms with Crippen LogP contribution in [0, 0.1) is 0 Å². The highest BCUT2D eigenvalue weighted by Crippen LogP contribution is 2.32. The molecule has 3 rings (SSSR count). The Bertz CT molecular complexity index is 625. The number of hydrogen-bond donors (Lipinski definition) is 0. The number of rotatable bonds is 0. The molecule has 0 atom stereocenters. The van der Waals surface area contributed by atoms with Crippen molar-refractivity contribution < 1.29 is 9.59 Å². The van der Waals surface area contributed by atoms with Gasteiger partial charge in [-0.1, -0.05) is 0 Å². The molecule has 84 valence electrons. The van der Waals surface area contributed by atoms with Crippen molar-refractivity contribution in [2.75, 3.05) is 0 Å². The van der Waals surface area contributed by atoms with Crippen molar-refractivity contribution in [1.29, 1.82) is 0 Å². The third-order valence-electron chi connectivity index (χ3n) is 2.47. The maximum absolute atomic E-state index is 12.1. The lowest BCUT2D eigenvalue weighted by molar-refractivity contribution is 0.0974. The number of ketones is 2. The van der Waals surface area contributed by atoms with E-state index in [-0.39, 0.29) is 23.0 Å². The van der Waals surface area contributed by atoms with Crippen LogP contribution < -0.4 is 0 Å². The highest BCUT2D eigenvalue weighted by Gasteiger charge is 2.33. The maximum atomic E-state index is 12.1. The third kappa shape index (κ3) is 1.53. The Hall–Kier alpha value is -0.920. The van der Waals surface area contributed by atoms with Gasteiger partial charge in [0, 0.05) is 20.1 Å². The van der Waals surface area contributed by atoms with Crippen LogP contribution in [0.2, 0.25) is 0 Å². The second-order valence-corrected chi connectivity index (χ2v) is 5.67. The van der Waals surface area contributed by atoms with Gasteiger partial charge in [-0.25, -0.2) is 0 Å². The van der Waals surface area contributed by atoms with Crippen LogP contribution in [0.25, 0.3) is 0 Å². The third-order valence-corrected chi connectivity index (χ3v) is 4.84. The average Bonchev–Trinajstić information content (AvgIpc) is 2.78. The lowest BCUT2D eigenvalue weighted by Gasteiger charge is -2.13. The van der Waals surface area contributed by atoms with E-state index in [0.29, 0.717) is 11.1 Å². The molecule has 0 bridgehead atoms. The van der Waals surface area contributed by atoms with Gasteiger partial charge in [-0.05, 0) is 44.0 Å². The molecule has 1 aliphatic carbocycles. The SMILES string of the molecule is O=C1c2cc(Br)c(Br)cc2C(=O)c2nsnc21. The molecule has 0 saturated heterocycles. The van der Waals surface area contributed by atoms with Crippen molar-refractivity contribution in [2.24, 2.45) is 0 Å². The standard InChI is InChI=1S/C10H2Br2N2O2S/c11-5-1-3-4(2-6(5)12)10(16)8-7(9(3)15)13-17-14-8/h1-2H. The van der Waals surface area contributed by atoms with Gasteiger partial charge in [-0.3, -0.25) is 9.59 Å². The first-order valence-corrected chi connectivity index (χ1v) is 6.82. The van der Waals surface area contributed by atoms with Crippen LogP contribution in [0.3, 0.4) is 0 Å². The predicted octanol–water partition coefficient (Wildman–Crippen LogP) is 2.84. The Morgan fingerprint density at radius 2 is 1.29 bits per heavy atom. The summed E-state index contributed by atoms with van der Waals surface area (Å²) in [6, 6.07) is 3.25. The molecule has 0 unspecified atom stereocenters. The molecule has 1 aromatic heterocycles. The first-order chi connectivity index (χ1) is 8.09. The first-order valence-electron chi connectivity index (χ1n) is 4.50. The Labute approximate surface area is 117 Å². The van der Waals surface area contributed by atoms with E-state index in [4.69, 9.17) is 0 Å². The van der Waals surface area contributed by atoms with E-state index in [2.05, 4.69) is 40.6 Å². The topological polar surface area (TPSA) is 59.9 Å². The number of carbonyl (C=O) groups is 2. The summed E-state index contributed by atoms with van der Waals surface area (Å²) in [5, 5.41) is 0. The molecule has 1 aromatic carbocycles. The van der Waals surface area contributed by atoms with Gasteiger partial charge in [0.15, 0.2) is 11.4 Å². The van der Waals surface area contributed by atoms with Crippen LogP contribution in [-0.2, 0) is 0 Å². The van der Waals surface area contributed by atoms with E-state index in [0.717, 1.165) is 20.7 Å². The predicted molar refractivity (Wildman–Crippen MR) is 68.6 cm³/mol. The van der Waals surface area contributed by atoms with Crippen LogP contribution in [0.15, 0.2) is 21.1 Å². The number of fused-ring (bicyclic) bond motifs is 2. The maximum Gasteiger partial charge on any atom is 0.215 e. The minimum absolute atomic E-state index is 0.154. The zero-order valence-corrected chi connectivity index (χ0v) is 12.0. The molecular weight excluding hydrogens is 372 g/mol. The number of halogens is 2. The van der Waals surface area contributed by atoms with Crippen LogP contribution >= 0.6 is 43.6 Å². The van der Waals surface area contributed by atoms with Crippen molar-refractivity contribution in [3.8, 4) is 0 Å². The Balaban J connectivity index is 2.34. The normalized spacial score (nSPS) is 13.5. The molecule has 4 nitrogen and oxygen atoms in total. The summed E-state index contributed by atoms with van der Waals surface area (Å²) in [6.45, 7) is 0. The first kappa shape index (κ1) is 11.2. The van der Waals surface area contributed by atoms with E-state index < -0.39 is 0 Å². The molecule has 2 aromatic rings. The minimum Gasteiger partial charge on any atom is -0.287 e. The van der Waals surface area contributed by atoms with Gasteiger partial charge in [-0.15, -0.1) is 0 Å². The zero-order valence-electron chi connectivity index (χ0n) is 8.03. The van der Waals surface area contributed by atoms with Crippen LogP contribution in [-0.4, -0.2) is 20.3 Å². The van der Waals surface area contributed by atoms with Crippen LogP contribution in [0.4, 0.5) is 0 Å². The molecule has 0 fully saturated rings. The molecule has 0 N–H and O–H groups in total. The summed E-state index contributed by atoms with van der Waals surface area (Å²) >= 11 is 7.49. The Morgan fingerprint density at radius 1 is 0.882 bits per heavy atom. The quantitative estimate of drug-likeness (QED) is 0.607. The molecule has 0 radical (unpaired) electrons. The minimum atomic E-state index is -0.253. The molecule has 0 aliphatic heterocycles. The molecule has 0 spiro atoms. The molecule has 7 heteroatoms. The summed E-state index contributed by atoms with van der Waals surface area (Å²) in [5.74, 6) is -0.506. The van der Waals surface area contributed by atoms with Crippen molar-refractivity contribution in [1.82, 2.24) is 8.75 Å². The van der Waals surface area contributed by atoms with E-state index in [1.165, 1.54) is 0 Å². The molecule has 1 aliphatic rings. The molecule has 0 amide bonds. The van der Waals surface area contributed by atoms with Gasteiger partial charge in [0.2, 0.25) is 11.6 Å². The number of benzene rings is 1. The molecule has 17 heavy (non-hydrogen) atoms. The van der Waals surface area contributed by atoms with E-state index >= 15 is 0 Å². The van der Waals surface area contributed by atoms with Crippen molar-refractivity contribution in [2.45, 2.75) is 0 Å². The van der Waals surface area contributed by atoms with E-state index in [1.807, 2.05) is 0 Å². The summed E-state index contributed by atoms with van der Waals surface area (Å²) in [5.41, 5.74) is 1.04. The smallest absolute Gasteiger partial charge is 0.215 e. The zero-order chi connectivity index (χ0) is 12.2. The fourth-order valence-electron chi connectivity index (χ4n) is 1.66. The number of aromatic nitrogens is 2. The van der Waals surface area contributed by atoms with Crippen molar-refractivity contribution in [3.05, 3.63) is 43.6 Å². The van der Waals surface area contributed by atoms with E-state index in [1.54, 1.807) is 12.1 Å². The van der Waals surface area contributed by atoms with Crippen LogP contribution in [0.5, 0.6) is 0 Å². The van der Waals surface area contributed by atoms with E-state index in [9.17, 15) is 9.59 Å². The van der Waals surface area contributed by atoms with Crippen LogP contribution in [0.1, 0.15) is 32.1 Å². The molecule has 0 saturated carbocycles. The Morgan fingerprint density at radius 3 is 1.71 bits per heavy atom. The second-order valence-electron chi connectivity index (χ2n) is 3.43. The largest absolute Gasteiger partial charge is 0.287 e. The van der Waals surface area contributed by atoms with Gasteiger partial charge in [0.25, 0.3) is 0 Å². The highest BCUT2D eigenvalue weighted by molar-refractivity contribution is 9.13. The van der Waals surface area contributed by atoms with Crippen molar-refractivity contribution >= 4 is 55.2 Å². The second kappa shape index (κ2) is 3.79.